The Morgan fingerprint density at radius 2 is 1.37 bits per heavy atom. The van der Waals surface area contributed by atoms with E-state index >= 15 is 0 Å². The summed E-state index contributed by atoms with van der Waals surface area (Å²) in [5, 5.41) is 36.0. The summed E-state index contributed by atoms with van der Waals surface area (Å²) < 4.78 is 0. The normalized spacial score (nSPS) is 15.6. The first-order valence-corrected chi connectivity index (χ1v) is 11.6. The van der Waals surface area contributed by atoms with Crippen LogP contribution in [-0.4, -0.2) is 69.3 Å². The van der Waals surface area contributed by atoms with Gasteiger partial charge in [0.15, 0.2) is 6.04 Å². The van der Waals surface area contributed by atoms with Crippen molar-refractivity contribution in [3.05, 3.63) is 29.8 Å². The molecule has 11 nitrogen and oxygen atoms in total. The zero-order valence-electron chi connectivity index (χ0n) is 20.8. The summed E-state index contributed by atoms with van der Waals surface area (Å²) in [4.78, 5) is 50.1. The van der Waals surface area contributed by atoms with E-state index in [2.05, 4.69) is 16.0 Å². The van der Waals surface area contributed by atoms with Gasteiger partial charge in [-0.15, -0.1) is 0 Å². The second-order valence-corrected chi connectivity index (χ2v) is 9.46. The lowest BCUT2D eigenvalue weighted by Gasteiger charge is -2.27. The summed E-state index contributed by atoms with van der Waals surface area (Å²) in [6, 6.07) is 1.33. The number of carboxylic acids is 1. The predicted molar refractivity (Wildman–Crippen MR) is 129 cm³/mol. The number of hydrogen-bond acceptors (Lipinski definition) is 7. The molecular formula is C24H38N4O7. The van der Waals surface area contributed by atoms with E-state index < -0.39 is 54.0 Å². The average molecular weight is 495 g/mol. The quantitative estimate of drug-likeness (QED) is 0.197. The van der Waals surface area contributed by atoms with Crippen LogP contribution >= 0.6 is 0 Å². The first kappa shape index (κ1) is 29.9. The van der Waals surface area contributed by atoms with E-state index in [0.29, 0.717) is 5.56 Å². The number of benzene rings is 1. The number of carbonyl (C=O) groups is 4. The van der Waals surface area contributed by atoms with Crippen molar-refractivity contribution >= 4 is 23.7 Å². The fraction of sp³-hybridized carbons (Fsp3) is 0.583. The molecule has 0 heterocycles. The first-order valence-electron chi connectivity index (χ1n) is 11.6. The summed E-state index contributed by atoms with van der Waals surface area (Å²) in [6.07, 6.45) is -1.13. The topological polar surface area (TPSA) is 191 Å². The molecule has 11 heteroatoms. The first-order chi connectivity index (χ1) is 16.2. The largest absolute Gasteiger partial charge is 0.508 e. The highest BCUT2D eigenvalue weighted by molar-refractivity contribution is 5.94. The van der Waals surface area contributed by atoms with Crippen LogP contribution in [0.25, 0.3) is 0 Å². The zero-order valence-corrected chi connectivity index (χ0v) is 20.8. The molecule has 0 aliphatic heterocycles. The van der Waals surface area contributed by atoms with Crippen LogP contribution in [0.3, 0.4) is 0 Å². The molecule has 0 aliphatic rings. The molecule has 0 radical (unpaired) electrons. The van der Waals surface area contributed by atoms with Gasteiger partial charge in [0.1, 0.15) is 17.8 Å². The van der Waals surface area contributed by atoms with Gasteiger partial charge in [0.25, 0.3) is 0 Å². The third-order valence-electron chi connectivity index (χ3n) is 5.42. The Bertz CT molecular complexity index is 871. The maximum atomic E-state index is 13.2. The lowest BCUT2D eigenvalue weighted by molar-refractivity contribution is -0.145. The van der Waals surface area contributed by atoms with Crippen molar-refractivity contribution in [2.45, 2.75) is 77.7 Å². The predicted octanol–water partition coefficient (Wildman–Crippen LogP) is -0.116. The minimum atomic E-state index is -1.59. The number of nitrogens with two attached hydrogens (primary N) is 1. The Hall–Kier alpha value is -3.18. The molecule has 1 aromatic carbocycles. The van der Waals surface area contributed by atoms with Gasteiger partial charge in [-0.25, -0.2) is 4.79 Å². The molecule has 0 aliphatic carbocycles. The van der Waals surface area contributed by atoms with Gasteiger partial charge in [-0.2, -0.15) is 0 Å². The third kappa shape index (κ3) is 9.91. The number of aromatic hydroxyl groups is 1. The molecule has 0 bridgehead atoms. The van der Waals surface area contributed by atoms with Crippen LogP contribution in [0.4, 0.5) is 0 Å². The minimum Gasteiger partial charge on any atom is -0.508 e. The highest BCUT2D eigenvalue weighted by Gasteiger charge is 2.32. The molecule has 0 unspecified atom stereocenters. The highest BCUT2D eigenvalue weighted by Crippen LogP contribution is 2.13. The van der Waals surface area contributed by atoms with Crippen LogP contribution in [0, 0.1) is 11.8 Å². The monoisotopic (exact) mass is 494 g/mol. The fourth-order valence-corrected chi connectivity index (χ4v) is 3.27. The summed E-state index contributed by atoms with van der Waals surface area (Å²) >= 11 is 0. The average Bonchev–Trinajstić information content (AvgIpc) is 2.76. The summed E-state index contributed by atoms with van der Waals surface area (Å²) in [5.74, 6) is -3.51. The maximum Gasteiger partial charge on any atom is 0.328 e. The molecule has 35 heavy (non-hydrogen) atoms. The van der Waals surface area contributed by atoms with E-state index in [0.717, 1.165) is 0 Å². The summed E-state index contributed by atoms with van der Waals surface area (Å²) in [7, 11) is 0. The van der Waals surface area contributed by atoms with Gasteiger partial charge in [0.05, 0.1) is 12.1 Å². The molecule has 0 spiro atoms. The van der Waals surface area contributed by atoms with Crippen molar-refractivity contribution in [3.8, 4) is 5.75 Å². The number of aliphatic hydroxyl groups is 1. The van der Waals surface area contributed by atoms with E-state index in [1.807, 2.05) is 13.8 Å². The zero-order chi connectivity index (χ0) is 26.9. The number of amides is 3. The van der Waals surface area contributed by atoms with Crippen molar-refractivity contribution < 1.29 is 34.5 Å². The van der Waals surface area contributed by atoms with Crippen molar-refractivity contribution in [3.63, 3.8) is 0 Å². The van der Waals surface area contributed by atoms with Crippen LogP contribution in [0.1, 0.15) is 46.6 Å². The van der Waals surface area contributed by atoms with Gasteiger partial charge in [-0.1, -0.05) is 39.8 Å². The van der Waals surface area contributed by atoms with Gasteiger partial charge >= 0.3 is 5.97 Å². The molecule has 0 aromatic heterocycles. The van der Waals surface area contributed by atoms with Crippen LogP contribution in [0.5, 0.6) is 5.75 Å². The number of rotatable bonds is 13. The molecule has 196 valence electrons. The molecule has 1 rings (SSSR count). The number of aliphatic hydroxyl groups excluding tert-OH is 1. The summed E-state index contributed by atoms with van der Waals surface area (Å²) in [6.45, 7) is 8.52. The Morgan fingerprint density at radius 1 is 0.857 bits per heavy atom. The molecule has 5 atom stereocenters. The van der Waals surface area contributed by atoms with E-state index in [-0.39, 0.29) is 30.4 Å². The van der Waals surface area contributed by atoms with Gasteiger partial charge in [0.2, 0.25) is 17.7 Å². The van der Waals surface area contributed by atoms with E-state index in [9.17, 15) is 34.5 Å². The molecule has 0 saturated heterocycles. The fourth-order valence-electron chi connectivity index (χ4n) is 3.27. The number of carbonyl (C=O) groups excluding carboxylic acids is 3. The Balaban J connectivity index is 3.17. The smallest absolute Gasteiger partial charge is 0.328 e. The van der Waals surface area contributed by atoms with Gasteiger partial charge in [-0.3, -0.25) is 14.4 Å². The van der Waals surface area contributed by atoms with E-state index in [1.54, 1.807) is 26.0 Å². The summed E-state index contributed by atoms with van der Waals surface area (Å²) in [5.41, 5.74) is 6.49. The van der Waals surface area contributed by atoms with Crippen LogP contribution in [0.2, 0.25) is 0 Å². The van der Waals surface area contributed by atoms with Gasteiger partial charge in [-0.05, 0) is 42.9 Å². The molecule has 8 N–H and O–H groups in total. The Kier molecular flexibility index (Phi) is 11.6. The Morgan fingerprint density at radius 3 is 1.83 bits per heavy atom. The third-order valence-corrected chi connectivity index (χ3v) is 5.42. The van der Waals surface area contributed by atoms with Crippen LogP contribution in [0.15, 0.2) is 24.3 Å². The van der Waals surface area contributed by atoms with Crippen molar-refractivity contribution in [2.75, 3.05) is 0 Å². The number of phenolic OH excluding ortho intramolecular Hbond substituents is 1. The lowest BCUT2D eigenvalue weighted by atomic mass is 9.99. The standard InChI is InChI=1S/C24H38N4O7/c1-12(2)10-17(27-23(33)19(25)13(3)4)21(31)26-18(11-15-6-8-16(30)9-7-15)22(32)28-20(14(5)29)24(34)35/h6-9,12-14,17-20,29-30H,10-11,25H2,1-5H3,(H,26,31)(H,27,33)(H,28,32)(H,34,35)/t14-,17+,18+,19+,20+/m1/s1. The van der Waals surface area contributed by atoms with Gasteiger partial charge < -0.3 is 37.0 Å². The minimum absolute atomic E-state index is 0.0139. The Labute approximate surface area is 205 Å². The number of carboxylic acid groups (broad SMARTS) is 1. The number of phenols is 1. The van der Waals surface area contributed by atoms with E-state index in [1.165, 1.54) is 19.1 Å². The molecule has 0 fully saturated rings. The lowest BCUT2D eigenvalue weighted by Crippen LogP contribution is -2.59. The number of aliphatic carboxylic acids is 1. The maximum absolute atomic E-state index is 13.2. The molecule has 3 amide bonds. The number of nitrogens with one attached hydrogen (secondary N) is 3. The van der Waals surface area contributed by atoms with Crippen molar-refractivity contribution in [1.29, 1.82) is 0 Å². The second kappa shape index (κ2) is 13.6. The van der Waals surface area contributed by atoms with Crippen molar-refractivity contribution in [1.82, 2.24) is 16.0 Å². The number of hydrogen-bond donors (Lipinski definition) is 7. The van der Waals surface area contributed by atoms with Crippen molar-refractivity contribution in [2.24, 2.45) is 17.6 Å². The van der Waals surface area contributed by atoms with E-state index in [4.69, 9.17) is 5.73 Å². The second-order valence-electron chi connectivity index (χ2n) is 9.46. The SMILES string of the molecule is CC(C)C[C@H](NC(=O)[C@@H](N)C(C)C)C(=O)N[C@@H](Cc1ccc(O)cc1)C(=O)N[C@H](C(=O)O)[C@@H](C)O. The van der Waals surface area contributed by atoms with Crippen LogP contribution < -0.4 is 21.7 Å². The van der Waals surface area contributed by atoms with Gasteiger partial charge in [0, 0.05) is 6.42 Å². The molecule has 0 saturated carbocycles. The highest BCUT2D eigenvalue weighted by atomic mass is 16.4. The molecule has 1 aromatic rings. The molecular weight excluding hydrogens is 456 g/mol. The van der Waals surface area contributed by atoms with Crippen LogP contribution in [-0.2, 0) is 25.6 Å².